The maximum atomic E-state index is 13.5. The summed E-state index contributed by atoms with van der Waals surface area (Å²) in [5.74, 6) is 0.792. The Morgan fingerprint density at radius 2 is 2.00 bits per heavy atom. The maximum Gasteiger partial charge on any atom is 0.268 e. The molecule has 30 heavy (non-hydrogen) atoms. The van der Waals surface area contributed by atoms with Crippen molar-refractivity contribution in [1.82, 2.24) is 9.78 Å². The van der Waals surface area contributed by atoms with Gasteiger partial charge in [-0.15, -0.1) is 11.3 Å². The van der Waals surface area contributed by atoms with E-state index in [1.807, 2.05) is 52.9 Å². The Labute approximate surface area is 179 Å². The second-order valence-corrected chi connectivity index (χ2v) is 8.62. The molecule has 0 radical (unpaired) electrons. The van der Waals surface area contributed by atoms with E-state index < -0.39 is 0 Å². The van der Waals surface area contributed by atoms with Crippen LogP contribution in [0.1, 0.15) is 32.9 Å². The fourth-order valence-corrected chi connectivity index (χ4v) is 5.31. The molecule has 0 atom stereocenters. The van der Waals surface area contributed by atoms with Gasteiger partial charge in [-0.1, -0.05) is 42.5 Å². The van der Waals surface area contributed by atoms with Gasteiger partial charge >= 0.3 is 0 Å². The zero-order chi connectivity index (χ0) is 20.7. The molecule has 0 saturated heterocycles. The number of hydrogen-bond acceptors (Lipinski definition) is 4. The normalized spacial score (nSPS) is 13.5. The number of carbonyl (C=O) groups is 1. The van der Waals surface area contributed by atoms with Crippen LogP contribution in [-0.4, -0.2) is 29.3 Å². The van der Waals surface area contributed by atoms with Crippen molar-refractivity contribution in [1.29, 1.82) is 0 Å². The predicted molar refractivity (Wildman–Crippen MR) is 121 cm³/mol. The third kappa shape index (κ3) is 3.17. The molecule has 5 rings (SSSR count). The zero-order valence-corrected chi connectivity index (χ0v) is 17.9. The highest BCUT2D eigenvalue weighted by atomic mass is 32.1. The molecular weight excluding hydrogens is 394 g/mol. The van der Waals surface area contributed by atoms with E-state index in [1.165, 1.54) is 22.5 Å². The summed E-state index contributed by atoms with van der Waals surface area (Å²) in [5.41, 5.74) is 4.23. The number of aromatic nitrogens is 2. The van der Waals surface area contributed by atoms with Crippen molar-refractivity contribution in [3.63, 3.8) is 0 Å². The predicted octanol–water partition coefficient (Wildman–Crippen LogP) is 5.06. The fraction of sp³-hybridized carbons (Fsp3) is 0.250. The van der Waals surface area contributed by atoms with E-state index in [9.17, 15) is 4.79 Å². The lowest BCUT2D eigenvalue weighted by Crippen LogP contribution is -2.35. The van der Waals surface area contributed by atoms with E-state index >= 15 is 0 Å². The van der Waals surface area contributed by atoms with Gasteiger partial charge in [-0.3, -0.25) is 9.48 Å². The molecule has 5 nitrogen and oxygen atoms in total. The van der Waals surface area contributed by atoms with Crippen LogP contribution < -0.4 is 9.64 Å². The van der Waals surface area contributed by atoms with Crippen LogP contribution in [0.25, 0.3) is 10.2 Å². The number of amides is 1. The minimum atomic E-state index is 0.0345. The van der Waals surface area contributed by atoms with Gasteiger partial charge in [-0.25, -0.2) is 0 Å². The van der Waals surface area contributed by atoms with Gasteiger partial charge in [0.2, 0.25) is 0 Å². The molecule has 1 amide bonds. The number of nitrogens with zero attached hydrogens (tertiary/aromatic N) is 3. The van der Waals surface area contributed by atoms with Crippen LogP contribution in [0.4, 0.5) is 5.69 Å². The highest BCUT2D eigenvalue weighted by molar-refractivity contribution is 7.20. The quantitative estimate of drug-likeness (QED) is 0.466. The van der Waals surface area contributed by atoms with E-state index in [0.717, 1.165) is 45.1 Å². The van der Waals surface area contributed by atoms with Crippen LogP contribution >= 0.6 is 11.3 Å². The van der Waals surface area contributed by atoms with E-state index in [2.05, 4.69) is 18.2 Å². The number of methoxy groups -OCH3 is 1. The van der Waals surface area contributed by atoms with Crippen LogP contribution in [0.2, 0.25) is 0 Å². The minimum absolute atomic E-state index is 0.0345. The average molecular weight is 418 g/mol. The minimum Gasteiger partial charge on any atom is -0.495 e. The number of benzene rings is 2. The Bertz CT molecular complexity index is 1210. The molecule has 0 bridgehead atoms. The molecule has 0 unspecified atom stereocenters. The lowest BCUT2D eigenvalue weighted by Gasteiger charge is -2.30. The number of thiophene rings is 1. The number of carbonyl (C=O) groups excluding carboxylic acids is 1. The Kier molecular flexibility index (Phi) is 4.79. The van der Waals surface area contributed by atoms with Crippen molar-refractivity contribution < 1.29 is 9.53 Å². The Morgan fingerprint density at radius 1 is 1.17 bits per heavy atom. The van der Waals surface area contributed by atoms with E-state index in [1.54, 1.807) is 7.11 Å². The van der Waals surface area contributed by atoms with Gasteiger partial charge in [-0.05, 0) is 43.0 Å². The van der Waals surface area contributed by atoms with Crippen LogP contribution in [0.3, 0.4) is 0 Å². The second kappa shape index (κ2) is 7.61. The first kappa shape index (κ1) is 18.9. The second-order valence-electron chi connectivity index (χ2n) is 7.59. The maximum absolute atomic E-state index is 13.5. The summed E-state index contributed by atoms with van der Waals surface area (Å²) in [6, 6.07) is 18.3. The fourth-order valence-electron chi connectivity index (χ4n) is 4.20. The Balaban J connectivity index is 1.52. The van der Waals surface area contributed by atoms with Gasteiger partial charge in [0.1, 0.15) is 10.6 Å². The summed E-state index contributed by atoms with van der Waals surface area (Å²) in [6.45, 7) is 3.40. The zero-order valence-electron chi connectivity index (χ0n) is 17.1. The van der Waals surface area contributed by atoms with Crippen molar-refractivity contribution in [3.8, 4) is 5.75 Å². The number of para-hydroxylation sites is 1. The van der Waals surface area contributed by atoms with Crippen molar-refractivity contribution in [3.05, 3.63) is 76.3 Å². The van der Waals surface area contributed by atoms with Crippen LogP contribution in [-0.2, 0) is 13.0 Å². The Morgan fingerprint density at radius 3 is 2.80 bits per heavy atom. The lowest BCUT2D eigenvalue weighted by molar-refractivity contribution is 0.0988. The molecule has 0 spiro atoms. The summed E-state index contributed by atoms with van der Waals surface area (Å²) in [4.78, 5) is 17.2. The Hall–Kier alpha value is -3.12. The third-order valence-electron chi connectivity index (χ3n) is 5.64. The standard InChI is InChI=1S/C24H23N3O2S/c1-16-19-14-21(30-24(19)27(25-16)15-17-8-4-3-5-9-17)23(28)26-13-7-11-18-10-6-12-20(29-2)22(18)26/h3-6,8-10,12,14H,7,11,13,15H2,1-2H3. The molecule has 0 saturated carbocycles. The molecule has 2 aromatic heterocycles. The molecule has 4 aromatic rings. The molecular formula is C24H23N3O2S. The van der Waals surface area contributed by atoms with Crippen molar-refractivity contribution in [2.75, 3.05) is 18.6 Å². The summed E-state index contributed by atoms with van der Waals surface area (Å²) >= 11 is 1.52. The van der Waals surface area contributed by atoms with Gasteiger partial charge in [0.15, 0.2) is 0 Å². The molecule has 0 fully saturated rings. The van der Waals surface area contributed by atoms with Gasteiger partial charge in [0.25, 0.3) is 5.91 Å². The van der Waals surface area contributed by atoms with Crippen LogP contribution in [0.15, 0.2) is 54.6 Å². The largest absolute Gasteiger partial charge is 0.495 e. The van der Waals surface area contributed by atoms with E-state index in [-0.39, 0.29) is 5.91 Å². The molecule has 6 heteroatoms. The highest BCUT2D eigenvalue weighted by Crippen LogP contribution is 2.38. The molecule has 0 N–H and O–H groups in total. The molecule has 3 heterocycles. The SMILES string of the molecule is COc1cccc2c1N(C(=O)c1cc3c(C)nn(Cc4ccccc4)c3s1)CCC2. The van der Waals surface area contributed by atoms with Gasteiger partial charge in [0.05, 0.1) is 29.9 Å². The van der Waals surface area contributed by atoms with Crippen molar-refractivity contribution in [2.45, 2.75) is 26.3 Å². The number of fused-ring (bicyclic) bond motifs is 2. The lowest BCUT2D eigenvalue weighted by atomic mass is 10.0. The van der Waals surface area contributed by atoms with Crippen LogP contribution in [0, 0.1) is 6.92 Å². The first-order chi connectivity index (χ1) is 14.7. The van der Waals surface area contributed by atoms with Gasteiger partial charge in [-0.2, -0.15) is 5.10 Å². The van der Waals surface area contributed by atoms with Crippen molar-refractivity contribution >= 4 is 33.1 Å². The van der Waals surface area contributed by atoms with E-state index in [0.29, 0.717) is 13.1 Å². The summed E-state index contributed by atoms with van der Waals surface area (Å²) < 4.78 is 7.58. The summed E-state index contributed by atoms with van der Waals surface area (Å²) in [6.07, 6.45) is 1.92. The molecule has 152 valence electrons. The summed E-state index contributed by atoms with van der Waals surface area (Å²) in [5, 5.41) is 5.76. The number of anilines is 1. The van der Waals surface area contributed by atoms with Crippen LogP contribution in [0.5, 0.6) is 5.75 Å². The molecule has 1 aliphatic heterocycles. The topological polar surface area (TPSA) is 47.4 Å². The number of rotatable bonds is 4. The number of ether oxygens (including phenoxy) is 1. The smallest absolute Gasteiger partial charge is 0.268 e. The molecule has 1 aliphatic rings. The van der Waals surface area contributed by atoms with Gasteiger partial charge in [0, 0.05) is 11.9 Å². The number of aryl methyl sites for hydroxylation is 2. The van der Waals surface area contributed by atoms with E-state index in [4.69, 9.17) is 9.84 Å². The molecule has 0 aliphatic carbocycles. The summed E-state index contributed by atoms with van der Waals surface area (Å²) in [7, 11) is 1.66. The highest BCUT2D eigenvalue weighted by Gasteiger charge is 2.28. The third-order valence-corrected chi connectivity index (χ3v) is 6.78. The molecule has 2 aromatic carbocycles. The average Bonchev–Trinajstić information content (AvgIpc) is 3.34. The first-order valence-electron chi connectivity index (χ1n) is 10.1. The number of hydrogen-bond donors (Lipinski definition) is 0. The monoisotopic (exact) mass is 417 g/mol. The van der Waals surface area contributed by atoms with Crippen molar-refractivity contribution in [2.24, 2.45) is 0 Å². The first-order valence-corrected chi connectivity index (χ1v) is 11.0. The van der Waals surface area contributed by atoms with Gasteiger partial charge < -0.3 is 9.64 Å².